The number of amides is 2. The summed E-state index contributed by atoms with van der Waals surface area (Å²) in [7, 11) is 3.67. The lowest BCUT2D eigenvalue weighted by Gasteiger charge is -2.13. The van der Waals surface area contributed by atoms with Crippen molar-refractivity contribution >= 4 is 11.8 Å². The second-order valence-electron chi connectivity index (χ2n) is 4.36. The number of hydrogen-bond acceptors (Lipinski definition) is 3. The number of alkyl halides is 3. The van der Waals surface area contributed by atoms with Crippen molar-refractivity contribution in [3.8, 4) is 0 Å². The Morgan fingerprint density at radius 1 is 1.30 bits per heavy atom. The molecule has 0 aliphatic heterocycles. The van der Waals surface area contributed by atoms with Gasteiger partial charge in [0, 0.05) is 20.6 Å². The van der Waals surface area contributed by atoms with E-state index < -0.39 is 25.2 Å². The second kappa shape index (κ2) is 6.97. The maximum absolute atomic E-state index is 11.9. The molecule has 20 heavy (non-hydrogen) atoms. The van der Waals surface area contributed by atoms with Gasteiger partial charge in [-0.2, -0.15) is 13.2 Å². The maximum atomic E-state index is 11.9. The third-order valence-corrected chi connectivity index (χ3v) is 2.37. The van der Waals surface area contributed by atoms with Gasteiger partial charge >= 0.3 is 12.2 Å². The standard InChI is InChI=1S/C12H17F3N4O/c1-19(2)10-5-3-4-9(18-10)8-17-11(20)16-7-6-12(13,14)15/h3-5H,6-8H2,1-2H3,(H2,16,17,20). The molecular weight excluding hydrogens is 273 g/mol. The van der Waals surface area contributed by atoms with E-state index in [2.05, 4.69) is 15.6 Å². The molecule has 1 heterocycles. The number of anilines is 1. The van der Waals surface area contributed by atoms with Crippen LogP contribution in [-0.4, -0.2) is 37.8 Å². The maximum Gasteiger partial charge on any atom is 0.390 e. The second-order valence-corrected chi connectivity index (χ2v) is 4.36. The molecule has 0 saturated carbocycles. The highest BCUT2D eigenvalue weighted by Gasteiger charge is 2.26. The zero-order chi connectivity index (χ0) is 15.2. The van der Waals surface area contributed by atoms with Crippen molar-refractivity contribution in [1.82, 2.24) is 15.6 Å². The number of nitrogens with one attached hydrogen (secondary N) is 2. The molecule has 0 unspecified atom stereocenters. The summed E-state index contributed by atoms with van der Waals surface area (Å²) in [5.41, 5.74) is 0.627. The van der Waals surface area contributed by atoms with E-state index in [1.54, 1.807) is 12.1 Å². The molecule has 1 aromatic heterocycles. The SMILES string of the molecule is CN(C)c1cccc(CNC(=O)NCCC(F)(F)F)n1. The van der Waals surface area contributed by atoms with Gasteiger partial charge in [-0.05, 0) is 12.1 Å². The monoisotopic (exact) mass is 290 g/mol. The Morgan fingerprint density at radius 3 is 2.60 bits per heavy atom. The molecule has 0 aromatic carbocycles. The van der Waals surface area contributed by atoms with E-state index in [0.717, 1.165) is 5.82 Å². The van der Waals surface area contributed by atoms with Gasteiger partial charge in [0.25, 0.3) is 0 Å². The van der Waals surface area contributed by atoms with Crippen molar-refractivity contribution < 1.29 is 18.0 Å². The van der Waals surface area contributed by atoms with Crippen molar-refractivity contribution in [3.05, 3.63) is 23.9 Å². The third-order valence-electron chi connectivity index (χ3n) is 2.37. The predicted molar refractivity (Wildman–Crippen MR) is 69.5 cm³/mol. The average molecular weight is 290 g/mol. The van der Waals surface area contributed by atoms with E-state index in [-0.39, 0.29) is 6.54 Å². The smallest absolute Gasteiger partial charge is 0.363 e. The summed E-state index contributed by atoms with van der Waals surface area (Å²) in [6.07, 6.45) is -5.32. The number of nitrogens with zero attached hydrogens (tertiary/aromatic N) is 2. The van der Waals surface area contributed by atoms with E-state index in [4.69, 9.17) is 0 Å². The van der Waals surface area contributed by atoms with E-state index in [1.165, 1.54) is 0 Å². The van der Waals surface area contributed by atoms with E-state index >= 15 is 0 Å². The minimum atomic E-state index is -4.27. The van der Waals surface area contributed by atoms with Crippen LogP contribution in [0.1, 0.15) is 12.1 Å². The summed E-state index contributed by atoms with van der Waals surface area (Å²) in [6.45, 7) is -0.292. The molecule has 2 amide bonds. The largest absolute Gasteiger partial charge is 0.390 e. The summed E-state index contributed by atoms with van der Waals surface area (Å²) in [4.78, 5) is 17.4. The van der Waals surface area contributed by atoms with Crippen molar-refractivity contribution in [2.45, 2.75) is 19.1 Å². The molecule has 0 fully saturated rings. The van der Waals surface area contributed by atoms with E-state index in [1.807, 2.05) is 25.1 Å². The summed E-state index contributed by atoms with van der Waals surface area (Å²) < 4.78 is 35.7. The molecule has 112 valence electrons. The van der Waals surface area contributed by atoms with Crippen LogP contribution in [0.15, 0.2) is 18.2 Å². The van der Waals surface area contributed by atoms with Crippen molar-refractivity contribution in [1.29, 1.82) is 0 Å². The number of carbonyl (C=O) groups excluding carboxylic acids is 1. The highest BCUT2D eigenvalue weighted by atomic mass is 19.4. The van der Waals surface area contributed by atoms with Crippen LogP contribution in [-0.2, 0) is 6.54 Å². The Balaban J connectivity index is 2.36. The number of aromatic nitrogens is 1. The number of carbonyl (C=O) groups is 1. The van der Waals surface area contributed by atoms with E-state index in [9.17, 15) is 18.0 Å². The molecular formula is C12H17F3N4O. The summed E-state index contributed by atoms with van der Waals surface area (Å²) in [6, 6.07) is 4.68. The van der Waals surface area contributed by atoms with Crippen LogP contribution >= 0.6 is 0 Å². The summed E-state index contributed by atoms with van der Waals surface area (Å²) in [5, 5.41) is 4.59. The Labute approximate surface area is 115 Å². The highest BCUT2D eigenvalue weighted by molar-refractivity contribution is 5.73. The number of urea groups is 1. The van der Waals surface area contributed by atoms with Crippen LogP contribution in [0, 0.1) is 0 Å². The number of rotatable bonds is 5. The van der Waals surface area contributed by atoms with Crippen molar-refractivity contribution in [2.24, 2.45) is 0 Å². The van der Waals surface area contributed by atoms with Crippen LogP contribution in [0.3, 0.4) is 0 Å². The predicted octanol–water partition coefficient (Wildman–Crippen LogP) is 1.90. The van der Waals surface area contributed by atoms with Gasteiger partial charge in [-0.15, -0.1) is 0 Å². The molecule has 0 aliphatic rings. The molecule has 1 aromatic rings. The van der Waals surface area contributed by atoms with Crippen LogP contribution in [0.25, 0.3) is 0 Å². The molecule has 0 bridgehead atoms. The Bertz CT molecular complexity index is 449. The minimum Gasteiger partial charge on any atom is -0.363 e. The first-order valence-corrected chi connectivity index (χ1v) is 5.99. The fourth-order valence-corrected chi connectivity index (χ4v) is 1.37. The summed E-state index contributed by atoms with van der Waals surface area (Å²) >= 11 is 0. The van der Waals surface area contributed by atoms with Crippen LogP contribution < -0.4 is 15.5 Å². The van der Waals surface area contributed by atoms with Crippen molar-refractivity contribution in [3.63, 3.8) is 0 Å². The first kappa shape index (κ1) is 16.1. The lowest BCUT2D eigenvalue weighted by Crippen LogP contribution is -2.37. The first-order valence-electron chi connectivity index (χ1n) is 5.99. The van der Waals surface area contributed by atoms with Gasteiger partial charge in [-0.1, -0.05) is 6.07 Å². The van der Waals surface area contributed by atoms with Gasteiger partial charge in [0.05, 0.1) is 18.7 Å². The Hall–Kier alpha value is -1.99. The van der Waals surface area contributed by atoms with Gasteiger partial charge < -0.3 is 15.5 Å². The molecule has 0 spiro atoms. The Morgan fingerprint density at radius 2 is 2.00 bits per heavy atom. The molecule has 1 rings (SSSR count). The van der Waals surface area contributed by atoms with Crippen LogP contribution in [0.2, 0.25) is 0 Å². The fourth-order valence-electron chi connectivity index (χ4n) is 1.37. The quantitative estimate of drug-likeness (QED) is 0.871. The zero-order valence-corrected chi connectivity index (χ0v) is 11.3. The Kier molecular flexibility index (Phi) is 5.60. The molecule has 0 aliphatic carbocycles. The average Bonchev–Trinajstić information content (AvgIpc) is 2.35. The van der Waals surface area contributed by atoms with Crippen LogP contribution in [0.4, 0.5) is 23.8 Å². The van der Waals surface area contributed by atoms with Gasteiger partial charge in [0.15, 0.2) is 0 Å². The molecule has 0 saturated heterocycles. The highest BCUT2D eigenvalue weighted by Crippen LogP contribution is 2.18. The molecule has 5 nitrogen and oxygen atoms in total. The topological polar surface area (TPSA) is 57.3 Å². The lowest BCUT2D eigenvalue weighted by atomic mass is 10.3. The molecule has 2 N–H and O–H groups in total. The fraction of sp³-hybridized carbons (Fsp3) is 0.500. The number of halogens is 3. The molecule has 0 atom stereocenters. The van der Waals surface area contributed by atoms with Gasteiger partial charge in [-0.25, -0.2) is 9.78 Å². The number of hydrogen-bond donors (Lipinski definition) is 2. The van der Waals surface area contributed by atoms with Crippen LogP contribution in [0.5, 0.6) is 0 Å². The molecule has 8 heteroatoms. The van der Waals surface area contributed by atoms with Gasteiger partial charge in [-0.3, -0.25) is 0 Å². The first-order chi connectivity index (χ1) is 9.28. The van der Waals surface area contributed by atoms with Gasteiger partial charge in [0.1, 0.15) is 5.82 Å². The van der Waals surface area contributed by atoms with Gasteiger partial charge in [0.2, 0.25) is 0 Å². The van der Waals surface area contributed by atoms with Crippen molar-refractivity contribution in [2.75, 3.05) is 25.5 Å². The lowest BCUT2D eigenvalue weighted by molar-refractivity contribution is -0.132. The third kappa shape index (κ3) is 6.26. The minimum absolute atomic E-state index is 0.152. The summed E-state index contributed by atoms with van der Waals surface area (Å²) in [5.74, 6) is 0.738. The molecule has 0 radical (unpaired) electrons. The van der Waals surface area contributed by atoms with E-state index in [0.29, 0.717) is 5.69 Å². The normalized spacial score (nSPS) is 11.1. The zero-order valence-electron chi connectivity index (χ0n) is 11.3. The number of pyridine rings is 1.